The van der Waals surface area contributed by atoms with Crippen molar-refractivity contribution in [2.24, 2.45) is 0 Å². The maximum absolute atomic E-state index is 12.8. The second-order valence-electron chi connectivity index (χ2n) is 7.32. The largest absolute Gasteiger partial charge is 0.373 e. The van der Waals surface area contributed by atoms with E-state index in [1.165, 1.54) is 6.92 Å². The van der Waals surface area contributed by atoms with Gasteiger partial charge in [0.25, 0.3) is 5.91 Å². The summed E-state index contributed by atoms with van der Waals surface area (Å²) < 4.78 is 26.0. The molecule has 1 atom stereocenters. The summed E-state index contributed by atoms with van der Waals surface area (Å²) in [6, 6.07) is 24.6. The zero-order valence-electron chi connectivity index (χ0n) is 17.9. The molecule has 0 spiro atoms. The number of sulfonamides is 1. The Bertz CT molecular complexity index is 1340. The highest BCUT2D eigenvalue weighted by atomic mass is 32.2. The first-order valence-electron chi connectivity index (χ1n) is 10.2. The molecule has 0 unspecified atom stereocenters. The fourth-order valence-corrected chi connectivity index (χ4v) is 3.88. The molecule has 3 rings (SSSR count). The van der Waals surface area contributed by atoms with E-state index in [1.807, 2.05) is 24.3 Å². The van der Waals surface area contributed by atoms with Crippen molar-refractivity contribution in [1.82, 2.24) is 4.72 Å². The molecule has 0 radical (unpaired) electrons. The average molecular weight is 459 g/mol. The van der Waals surface area contributed by atoms with Crippen molar-refractivity contribution in [2.45, 2.75) is 19.4 Å². The number of carbonyl (C=O) groups is 1. The van der Waals surface area contributed by atoms with Gasteiger partial charge in [-0.05, 0) is 53.9 Å². The van der Waals surface area contributed by atoms with E-state index in [4.69, 9.17) is 5.26 Å². The molecular formula is C25H22N4O3S. The van der Waals surface area contributed by atoms with Gasteiger partial charge in [0, 0.05) is 12.1 Å². The second-order valence-corrected chi connectivity index (χ2v) is 9.33. The Hall–Kier alpha value is -4.14. The van der Waals surface area contributed by atoms with Gasteiger partial charge < -0.3 is 5.32 Å². The lowest BCUT2D eigenvalue weighted by molar-refractivity contribution is -0.120. The topological polar surface area (TPSA) is 123 Å². The summed E-state index contributed by atoms with van der Waals surface area (Å²) >= 11 is 0. The molecule has 0 aromatic heterocycles. The number of amides is 1. The molecule has 0 saturated carbocycles. The van der Waals surface area contributed by atoms with Gasteiger partial charge in [0.1, 0.15) is 6.04 Å². The Labute approximate surface area is 193 Å². The van der Waals surface area contributed by atoms with Crippen LogP contribution in [0, 0.1) is 22.7 Å². The quantitative estimate of drug-likeness (QED) is 0.532. The van der Waals surface area contributed by atoms with Crippen LogP contribution in [0.5, 0.6) is 0 Å². The zero-order valence-corrected chi connectivity index (χ0v) is 18.8. The Morgan fingerprint density at radius 1 is 0.970 bits per heavy atom. The van der Waals surface area contributed by atoms with Gasteiger partial charge in [0.15, 0.2) is 0 Å². The van der Waals surface area contributed by atoms with Crippen LogP contribution in [0.15, 0.2) is 72.8 Å². The van der Waals surface area contributed by atoms with Crippen LogP contribution < -0.4 is 10.0 Å². The van der Waals surface area contributed by atoms with Gasteiger partial charge in [0.2, 0.25) is 10.0 Å². The van der Waals surface area contributed by atoms with Crippen LogP contribution >= 0.6 is 0 Å². The highest BCUT2D eigenvalue weighted by Crippen LogP contribution is 2.25. The third-order valence-corrected chi connectivity index (χ3v) is 6.31. The third-order valence-electron chi connectivity index (χ3n) is 5.03. The van der Waals surface area contributed by atoms with E-state index in [2.05, 4.69) is 22.2 Å². The fraction of sp³-hybridized carbons (Fsp3) is 0.160. The lowest BCUT2D eigenvalue weighted by Gasteiger charge is -2.20. The number of nitrogens with zero attached hydrogens (tertiary/aromatic N) is 2. The van der Waals surface area contributed by atoms with Crippen molar-refractivity contribution in [3.05, 3.63) is 89.5 Å². The molecule has 166 valence electrons. The predicted octanol–water partition coefficient (Wildman–Crippen LogP) is 3.59. The van der Waals surface area contributed by atoms with Crippen molar-refractivity contribution in [3.8, 4) is 23.3 Å². The normalized spacial score (nSPS) is 11.6. The van der Waals surface area contributed by atoms with Crippen molar-refractivity contribution < 1.29 is 13.2 Å². The summed E-state index contributed by atoms with van der Waals surface area (Å²) in [6.45, 7) is 1.45. The van der Waals surface area contributed by atoms with E-state index in [9.17, 15) is 18.5 Å². The predicted molar refractivity (Wildman–Crippen MR) is 126 cm³/mol. The Balaban J connectivity index is 1.86. The minimum atomic E-state index is -3.73. The first-order valence-corrected chi connectivity index (χ1v) is 11.9. The Kier molecular flexibility index (Phi) is 7.45. The molecule has 0 aliphatic carbocycles. The molecule has 0 bridgehead atoms. The summed E-state index contributed by atoms with van der Waals surface area (Å²) in [5, 5.41) is 21.6. The molecule has 8 heteroatoms. The molecule has 0 heterocycles. The minimum Gasteiger partial charge on any atom is -0.373 e. The van der Waals surface area contributed by atoms with Crippen LogP contribution in [-0.4, -0.2) is 26.1 Å². The lowest BCUT2D eigenvalue weighted by atomic mass is 10.00. The highest BCUT2D eigenvalue weighted by molar-refractivity contribution is 7.90. The average Bonchev–Trinajstić information content (AvgIpc) is 2.84. The summed E-state index contributed by atoms with van der Waals surface area (Å²) in [7, 11) is -3.73. The minimum absolute atomic E-state index is 0.180. The molecule has 3 aromatic rings. The van der Waals surface area contributed by atoms with Gasteiger partial charge >= 0.3 is 0 Å². The van der Waals surface area contributed by atoms with E-state index in [0.29, 0.717) is 16.8 Å². The molecule has 0 fully saturated rings. The summed E-state index contributed by atoms with van der Waals surface area (Å²) in [6.07, 6.45) is 0.180. The summed E-state index contributed by atoms with van der Waals surface area (Å²) in [4.78, 5) is 12.8. The van der Waals surface area contributed by atoms with Crippen molar-refractivity contribution in [3.63, 3.8) is 0 Å². The molecule has 0 aliphatic rings. The standard InChI is InChI=1S/C25H22N4O3S/c1-2-33(31,32)29-25(30)24(15-18-6-5-7-19(14-18)16-26)28-22-12-10-20(11-13-22)23-9-4-3-8-21(23)17-27/h3-14,24,28H,2,15H2,1H3,(H,29,30)/t24-/m0/s1. The smallest absolute Gasteiger partial charge is 0.256 e. The molecule has 3 aromatic carbocycles. The maximum Gasteiger partial charge on any atom is 0.256 e. The van der Waals surface area contributed by atoms with Gasteiger partial charge in [-0.2, -0.15) is 10.5 Å². The van der Waals surface area contributed by atoms with Crippen LogP contribution in [0.1, 0.15) is 23.6 Å². The van der Waals surface area contributed by atoms with Gasteiger partial charge in [-0.1, -0.05) is 42.5 Å². The zero-order chi connectivity index (χ0) is 23.8. The van der Waals surface area contributed by atoms with E-state index in [1.54, 1.807) is 48.5 Å². The first kappa shape index (κ1) is 23.5. The number of nitriles is 2. The van der Waals surface area contributed by atoms with Crippen LogP contribution in [0.3, 0.4) is 0 Å². The SMILES string of the molecule is CCS(=O)(=O)NC(=O)[C@H](Cc1cccc(C#N)c1)Nc1ccc(-c2ccccc2C#N)cc1. The van der Waals surface area contributed by atoms with Gasteiger partial charge in [-0.15, -0.1) is 0 Å². The Morgan fingerprint density at radius 2 is 1.70 bits per heavy atom. The molecule has 7 nitrogen and oxygen atoms in total. The Morgan fingerprint density at radius 3 is 2.36 bits per heavy atom. The van der Waals surface area contributed by atoms with E-state index >= 15 is 0 Å². The second kappa shape index (κ2) is 10.4. The maximum atomic E-state index is 12.8. The van der Waals surface area contributed by atoms with Crippen LogP contribution in [0.2, 0.25) is 0 Å². The first-order chi connectivity index (χ1) is 15.8. The molecular weight excluding hydrogens is 436 g/mol. The van der Waals surface area contributed by atoms with Crippen LogP contribution in [0.4, 0.5) is 5.69 Å². The monoisotopic (exact) mass is 458 g/mol. The van der Waals surface area contributed by atoms with E-state index in [-0.39, 0.29) is 12.2 Å². The molecule has 2 N–H and O–H groups in total. The molecule has 1 amide bonds. The number of carbonyl (C=O) groups excluding carboxylic acids is 1. The summed E-state index contributed by atoms with van der Waals surface area (Å²) in [5.41, 5.74) is 3.97. The summed E-state index contributed by atoms with van der Waals surface area (Å²) in [5.74, 6) is -0.902. The number of rotatable bonds is 8. The van der Waals surface area contributed by atoms with Gasteiger partial charge in [-0.25, -0.2) is 8.42 Å². The number of benzene rings is 3. The number of hydrogen-bond acceptors (Lipinski definition) is 6. The van der Waals surface area contributed by atoms with Crippen molar-refractivity contribution in [2.75, 3.05) is 11.1 Å². The highest BCUT2D eigenvalue weighted by Gasteiger charge is 2.23. The van der Waals surface area contributed by atoms with Gasteiger partial charge in [0.05, 0.1) is 29.0 Å². The van der Waals surface area contributed by atoms with E-state index < -0.39 is 22.0 Å². The number of nitrogens with one attached hydrogen (secondary N) is 2. The van der Waals surface area contributed by atoms with Gasteiger partial charge in [-0.3, -0.25) is 9.52 Å². The number of hydrogen-bond donors (Lipinski definition) is 2. The van der Waals surface area contributed by atoms with E-state index in [0.717, 1.165) is 16.7 Å². The lowest BCUT2D eigenvalue weighted by Crippen LogP contribution is -2.44. The molecule has 0 aliphatic heterocycles. The fourth-order valence-electron chi connectivity index (χ4n) is 3.29. The van der Waals surface area contributed by atoms with Crippen LogP contribution in [-0.2, 0) is 21.2 Å². The van der Waals surface area contributed by atoms with Crippen molar-refractivity contribution in [1.29, 1.82) is 10.5 Å². The molecule has 0 saturated heterocycles. The third kappa shape index (κ3) is 6.19. The number of anilines is 1. The van der Waals surface area contributed by atoms with Crippen LogP contribution in [0.25, 0.3) is 11.1 Å². The molecule has 33 heavy (non-hydrogen) atoms. The van der Waals surface area contributed by atoms with Crippen molar-refractivity contribution >= 4 is 21.6 Å².